The Morgan fingerprint density at radius 2 is 1.91 bits per heavy atom. The molecule has 1 aromatic carbocycles. The lowest BCUT2D eigenvalue weighted by atomic mass is 9.74. The quantitative estimate of drug-likeness (QED) is 0.794. The van der Waals surface area contributed by atoms with Crippen LogP contribution in [0, 0.1) is 0 Å². The van der Waals surface area contributed by atoms with Crippen LogP contribution in [0.2, 0.25) is 0 Å². The van der Waals surface area contributed by atoms with Gasteiger partial charge in [-0.25, -0.2) is 0 Å². The Kier molecular flexibility index (Phi) is 8.37. The number of ether oxygens (including phenoxy) is 2. The van der Waals surface area contributed by atoms with Crippen LogP contribution in [0.25, 0.3) is 0 Å². The van der Waals surface area contributed by atoms with Crippen molar-refractivity contribution < 1.29 is 14.3 Å². The first-order valence-corrected chi connectivity index (χ1v) is 7.92. The molecule has 23 heavy (non-hydrogen) atoms. The van der Waals surface area contributed by atoms with Gasteiger partial charge in [0.25, 0.3) is 0 Å². The van der Waals surface area contributed by atoms with Gasteiger partial charge in [0.2, 0.25) is 5.91 Å². The number of halogens is 1. The van der Waals surface area contributed by atoms with E-state index in [9.17, 15) is 4.79 Å². The van der Waals surface area contributed by atoms with E-state index in [2.05, 4.69) is 22.8 Å². The number of nitrogens with one attached hydrogen (secondary N) is 2. The fourth-order valence-corrected chi connectivity index (χ4v) is 2.89. The van der Waals surface area contributed by atoms with E-state index < -0.39 is 0 Å². The summed E-state index contributed by atoms with van der Waals surface area (Å²) in [7, 11) is 1.77. The Bertz CT molecular complexity index is 473. The van der Waals surface area contributed by atoms with Gasteiger partial charge in [-0.1, -0.05) is 12.1 Å². The number of amides is 1. The maximum absolute atomic E-state index is 11.8. The molecule has 0 spiro atoms. The average molecular weight is 343 g/mol. The molecule has 5 nitrogen and oxygen atoms in total. The molecule has 0 radical (unpaired) electrons. The van der Waals surface area contributed by atoms with Crippen LogP contribution in [0.1, 0.15) is 25.3 Å². The first-order valence-electron chi connectivity index (χ1n) is 7.92. The van der Waals surface area contributed by atoms with E-state index in [0.717, 1.165) is 31.8 Å². The lowest BCUT2D eigenvalue weighted by Gasteiger charge is -2.38. The zero-order valence-corrected chi connectivity index (χ0v) is 14.7. The van der Waals surface area contributed by atoms with E-state index in [0.29, 0.717) is 19.7 Å². The Morgan fingerprint density at radius 3 is 2.48 bits per heavy atom. The van der Waals surface area contributed by atoms with Crippen LogP contribution >= 0.6 is 12.4 Å². The first-order chi connectivity index (χ1) is 10.7. The maximum Gasteiger partial charge on any atom is 0.233 e. The highest BCUT2D eigenvalue weighted by atomic mass is 35.5. The van der Waals surface area contributed by atoms with Crippen molar-refractivity contribution in [1.82, 2.24) is 10.6 Å². The zero-order chi connectivity index (χ0) is 15.8. The fourth-order valence-electron chi connectivity index (χ4n) is 2.89. The van der Waals surface area contributed by atoms with Gasteiger partial charge in [0, 0.05) is 25.2 Å². The standard InChI is InChI=1S/C17H26N2O3.ClH/c1-3-22-15-6-4-14(5-7-15)17(8-10-21-11-9-17)13-19-16(20)12-18-2;/h4-7,18H,3,8-13H2,1-2H3,(H,19,20);1H. The molecule has 0 aromatic heterocycles. The van der Waals surface area contributed by atoms with E-state index in [-0.39, 0.29) is 23.7 Å². The summed E-state index contributed by atoms with van der Waals surface area (Å²) in [5.74, 6) is 0.909. The number of hydrogen-bond donors (Lipinski definition) is 2. The molecular weight excluding hydrogens is 316 g/mol. The molecule has 2 rings (SSSR count). The van der Waals surface area contributed by atoms with Crippen molar-refractivity contribution in [3.63, 3.8) is 0 Å². The SMILES string of the molecule is CCOc1ccc(C2(CNC(=O)CNC)CCOCC2)cc1.Cl. The van der Waals surface area contributed by atoms with Crippen molar-refractivity contribution in [2.45, 2.75) is 25.2 Å². The summed E-state index contributed by atoms with van der Waals surface area (Å²) in [6.07, 6.45) is 1.83. The highest BCUT2D eigenvalue weighted by Crippen LogP contribution is 2.35. The summed E-state index contributed by atoms with van der Waals surface area (Å²) in [6, 6.07) is 8.23. The van der Waals surface area contributed by atoms with Gasteiger partial charge in [-0.05, 0) is 44.5 Å². The van der Waals surface area contributed by atoms with Gasteiger partial charge in [0.05, 0.1) is 13.2 Å². The molecule has 1 aliphatic rings. The third-order valence-electron chi connectivity index (χ3n) is 4.19. The predicted octanol–water partition coefficient (Wildman–Crippen LogP) is 1.89. The molecule has 1 aromatic rings. The van der Waals surface area contributed by atoms with Crippen LogP contribution in [0.15, 0.2) is 24.3 Å². The summed E-state index contributed by atoms with van der Waals surface area (Å²) in [5.41, 5.74) is 1.19. The van der Waals surface area contributed by atoms with Gasteiger partial charge in [-0.2, -0.15) is 0 Å². The molecule has 2 N–H and O–H groups in total. The summed E-state index contributed by atoms with van der Waals surface area (Å²) in [5, 5.41) is 5.92. The number of likely N-dealkylation sites (N-methyl/N-ethyl adjacent to an activating group) is 1. The lowest BCUT2D eigenvalue weighted by Crippen LogP contribution is -2.46. The largest absolute Gasteiger partial charge is 0.494 e. The molecule has 1 aliphatic heterocycles. The third kappa shape index (κ3) is 5.37. The van der Waals surface area contributed by atoms with Gasteiger partial charge in [0.1, 0.15) is 5.75 Å². The van der Waals surface area contributed by atoms with Gasteiger partial charge in [-0.15, -0.1) is 12.4 Å². The molecule has 1 amide bonds. The van der Waals surface area contributed by atoms with E-state index in [1.54, 1.807) is 7.05 Å². The minimum atomic E-state index is -0.0492. The smallest absolute Gasteiger partial charge is 0.233 e. The minimum absolute atomic E-state index is 0. The predicted molar refractivity (Wildman–Crippen MR) is 93.5 cm³/mol. The topological polar surface area (TPSA) is 59.6 Å². The second-order valence-electron chi connectivity index (χ2n) is 5.66. The molecule has 1 heterocycles. The molecule has 0 atom stereocenters. The second-order valence-corrected chi connectivity index (χ2v) is 5.66. The van der Waals surface area contributed by atoms with E-state index in [1.165, 1.54) is 5.56 Å². The summed E-state index contributed by atoms with van der Waals surface area (Å²) in [6.45, 7) is 5.09. The Hall–Kier alpha value is -1.30. The average Bonchev–Trinajstić information content (AvgIpc) is 2.55. The fraction of sp³-hybridized carbons (Fsp3) is 0.588. The Labute approximate surface area is 144 Å². The number of hydrogen-bond acceptors (Lipinski definition) is 4. The minimum Gasteiger partial charge on any atom is -0.494 e. The highest BCUT2D eigenvalue weighted by molar-refractivity contribution is 5.85. The van der Waals surface area contributed by atoms with Crippen LogP contribution in [0.3, 0.4) is 0 Å². The second kappa shape index (κ2) is 9.75. The molecular formula is C17H27ClN2O3. The van der Waals surface area contributed by atoms with Crippen molar-refractivity contribution in [2.75, 3.05) is 40.0 Å². The van der Waals surface area contributed by atoms with E-state index in [1.807, 2.05) is 19.1 Å². The summed E-state index contributed by atoms with van der Waals surface area (Å²) >= 11 is 0. The lowest BCUT2D eigenvalue weighted by molar-refractivity contribution is -0.120. The number of carbonyl (C=O) groups is 1. The number of benzene rings is 1. The molecule has 6 heteroatoms. The van der Waals surface area contributed by atoms with Crippen molar-refractivity contribution in [2.24, 2.45) is 0 Å². The maximum atomic E-state index is 11.8. The van der Waals surface area contributed by atoms with Crippen LogP contribution in [0.5, 0.6) is 5.75 Å². The zero-order valence-electron chi connectivity index (χ0n) is 13.9. The van der Waals surface area contributed by atoms with Gasteiger partial charge in [0.15, 0.2) is 0 Å². The Morgan fingerprint density at radius 1 is 1.26 bits per heavy atom. The van der Waals surface area contributed by atoms with Crippen molar-refractivity contribution in [3.05, 3.63) is 29.8 Å². The monoisotopic (exact) mass is 342 g/mol. The number of rotatable bonds is 7. The van der Waals surface area contributed by atoms with Crippen molar-refractivity contribution in [1.29, 1.82) is 0 Å². The first kappa shape index (κ1) is 19.7. The van der Waals surface area contributed by atoms with Crippen molar-refractivity contribution in [3.8, 4) is 5.75 Å². The summed E-state index contributed by atoms with van der Waals surface area (Å²) < 4.78 is 11.0. The van der Waals surface area contributed by atoms with Gasteiger partial charge < -0.3 is 20.1 Å². The van der Waals surface area contributed by atoms with Gasteiger partial charge in [-0.3, -0.25) is 4.79 Å². The molecule has 0 saturated carbocycles. The molecule has 130 valence electrons. The molecule has 1 saturated heterocycles. The van der Waals surface area contributed by atoms with E-state index >= 15 is 0 Å². The van der Waals surface area contributed by atoms with Gasteiger partial charge >= 0.3 is 0 Å². The van der Waals surface area contributed by atoms with Crippen LogP contribution in [-0.2, 0) is 14.9 Å². The molecule has 1 fully saturated rings. The van der Waals surface area contributed by atoms with Crippen LogP contribution in [-0.4, -0.2) is 45.9 Å². The molecule has 0 unspecified atom stereocenters. The highest BCUT2D eigenvalue weighted by Gasteiger charge is 2.34. The van der Waals surface area contributed by atoms with E-state index in [4.69, 9.17) is 9.47 Å². The molecule has 0 aliphatic carbocycles. The van der Waals surface area contributed by atoms with Crippen LogP contribution in [0.4, 0.5) is 0 Å². The normalized spacial score (nSPS) is 16.3. The number of carbonyl (C=O) groups excluding carboxylic acids is 1. The Balaban J connectivity index is 0.00000264. The summed E-state index contributed by atoms with van der Waals surface area (Å²) in [4.78, 5) is 11.8. The van der Waals surface area contributed by atoms with Crippen LogP contribution < -0.4 is 15.4 Å². The third-order valence-corrected chi connectivity index (χ3v) is 4.19. The molecule has 0 bridgehead atoms. The van der Waals surface area contributed by atoms with Crippen molar-refractivity contribution >= 4 is 18.3 Å².